The van der Waals surface area contributed by atoms with Crippen LogP contribution in [0.5, 0.6) is 0 Å². The van der Waals surface area contributed by atoms with Gasteiger partial charge in [-0.05, 0) is 56.1 Å². The summed E-state index contributed by atoms with van der Waals surface area (Å²) in [5.41, 5.74) is 7.76. The van der Waals surface area contributed by atoms with Crippen molar-refractivity contribution in [1.29, 1.82) is 0 Å². The Morgan fingerprint density at radius 2 is 1.86 bits per heavy atom. The third-order valence-corrected chi connectivity index (χ3v) is 5.04. The third kappa shape index (κ3) is 8.22. The number of hydrogen-bond donors (Lipinski definition) is 2. The Morgan fingerprint density at radius 3 is 2.57 bits per heavy atom. The van der Waals surface area contributed by atoms with E-state index in [1.54, 1.807) is 0 Å². The molecule has 150 valence electrons. The first-order chi connectivity index (χ1) is 13.6. The topological polar surface area (TPSA) is 36.4 Å². The van der Waals surface area contributed by atoms with E-state index in [2.05, 4.69) is 79.1 Å². The van der Waals surface area contributed by atoms with Gasteiger partial charge in [0, 0.05) is 17.8 Å². The molecule has 1 atom stereocenters. The molecule has 0 saturated heterocycles. The van der Waals surface area contributed by atoms with Crippen molar-refractivity contribution in [3.63, 3.8) is 0 Å². The number of thiocarbonyl (C=S) groups is 1. The molecule has 0 fully saturated rings. The number of nitrogens with zero attached hydrogens (tertiary/aromatic N) is 1. The fourth-order valence-corrected chi connectivity index (χ4v) is 3.45. The maximum atomic E-state index is 5.40. The van der Waals surface area contributed by atoms with E-state index in [0.29, 0.717) is 11.0 Å². The van der Waals surface area contributed by atoms with Gasteiger partial charge in [0.1, 0.15) is 0 Å². The molecule has 0 amide bonds. The van der Waals surface area contributed by atoms with Crippen LogP contribution in [0.3, 0.4) is 0 Å². The monoisotopic (exact) mass is 395 g/mol. The fraction of sp³-hybridized carbons (Fsp3) is 0.417. The molecule has 0 spiro atoms. The molecule has 0 aromatic heterocycles. The molecule has 0 aliphatic carbocycles. The molecule has 0 unspecified atom stereocenters. The Labute approximate surface area is 175 Å². The molecule has 0 radical (unpaired) electrons. The van der Waals surface area contributed by atoms with Gasteiger partial charge in [0.25, 0.3) is 0 Å². The molecule has 0 aliphatic heterocycles. The second-order valence-electron chi connectivity index (χ2n) is 7.46. The van der Waals surface area contributed by atoms with Gasteiger partial charge in [-0.3, -0.25) is 5.43 Å². The summed E-state index contributed by atoms with van der Waals surface area (Å²) in [6.45, 7) is 6.41. The number of aryl methyl sites for hydroxylation is 2. The van der Waals surface area contributed by atoms with E-state index >= 15 is 0 Å². The van der Waals surface area contributed by atoms with Crippen LogP contribution in [0.25, 0.3) is 0 Å². The normalized spacial score (nSPS) is 12.1. The van der Waals surface area contributed by atoms with Crippen LogP contribution in [0.15, 0.2) is 53.6 Å². The number of nitrogens with one attached hydrogen (secondary N) is 2. The molecule has 2 aromatic rings. The zero-order valence-corrected chi connectivity index (χ0v) is 18.2. The molecule has 3 nitrogen and oxygen atoms in total. The van der Waals surface area contributed by atoms with Crippen molar-refractivity contribution in [1.82, 2.24) is 5.43 Å². The Balaban J connectivity index is 1.89. The largest absolute Gasteiger partial charge is 0.331 e. The fourth-order valence-electron chi connectivity index (χ4n) is 3.28. The maximum Gasteiger partial charge on any atom is 0.191 e. The van der Waals surface area contributed by atoms with Gasteiger partial charge in [0.05, 0.1) is 0 Å². The van der Waals surface area contributed by atoms with Crippen LogP contribution < -0.4 is 10.7 Å². The average Bonchev–Trinajstić information content (AvgIpc) is 2.68. The molecular formula is C24H33N3S. The van der Waals surface area contributed by atoms with E-state index in [1.807, 2.05) is 12.3 Å². The minimum absolute atomic E-state index is 0.413. The van der Waals surface area contributed by atoms with Crippen molar-refractivity contribution in [2.75, 3.05) is 5.32 Å². The van der Waals surface area contributed by atoms with Gasteiger partial charge in [-0.25, -0.2) is 0 Å². The number of benzene rings is 2. The highest BCUT2D eigenvalue weighted by molar-refractivity contribution is 7.80. The van der Waals surface area contributed by atoms with Crippen LogP contribution in [0.4, 0.5) is 5.69 Å². The molecule has 0 bridgehead atoms. The summed E-state index contributed by atoms with van der Waals surface area (Å²) >= 11 is 5.40. The van der Waals surface area contributed by atoms with E-state index in [-0.39, 0.29) is 0 Å². The highest BCUT2D eigenvalue weighted by Crippen LogP contribution is 2.16. The van der Waals surface area contributed by atoms with Gasteiger partial charge in [-0.1, -0.05) is 80.6 Å². The summed E-state index contributed by atoms with van der Waals surface area (Å²) in [7, 11) is 0. The summed E-state index contributed by atoms with van der Waals surface area (Å²) in [5.74, 6) is 0.413. The van der Waals surface area contributed by atoms with Crippen LogP contribution >= 0.6 is 12.2 Å². The maximum absolute atomic E-state index is 5.40. The molecule has 2 N–H and O–H groups in total. The molecule has 28 heavy (non-hydrogen) atoms. The van der Waals surface area contributed by atoms with E-state index in [9.17, 15) is 0 Å². The standard InChI is InChI=1S/C24H33N3S/c1-4-5-6-8-13-22(17-21-11-9-7-10-12-21)18-25-27-24(28)26-23-15-14-19(2)16-20(23)3/h7,9-12,14-16,18,22H,4-6,8,13,17H2,1-3H3,(H2,26,27,28)/b25-18-/t22-/m0/s1. The second-order valence-corrected chi connectivity index (χ2v) is 7.87. The highest BCUT2D eigenvalue weighted by atomic mass is 32.1. The van der Waals surface area contributed by atoms with Gasteiger partial charge >= 0.3 is 0 Å². The number of anilines is 1. The Hall–Kier alpha value is -2.20. The van der Waals surface area contributed by atoms with Crippen LogP contribution in [-0.2, 0) is 6.42 Å². The first kappa shape index (κ1) is 22.1. The van der Waals surface area contributed by atoms with Crippen molar-refractivity contribution in [3.05, 3.63) is 65.2 Å². The minimum atomic E-state index is 0.413. The predicted octanol–water partition coefficient (Wildman–Crippen LogP) is 6.40. The lowest BCUT2D eigenvalue weighted by Gasteiger charge is -2.13. The summed E-state index contributed by atoms with van der Waals surface area (Å²) in [6, 6.07) is 16.9. The third-order valence-electron chi connectivity index (χ3n) is 4.85. The quantitative estimate of drug-likeness (QED) is 0.211. The first-order valence-electron chi connectivity index (χ1n) is 10.3. The molecule has 0 saturated carbocycles. The van der Waals surface area contributed by atoms with Crippen LogP contribution in [0.1, 0.15) is 55.7 Å². The Kier molecular flexibility index (Phi) is 9.70. The first-order valence-corrected chi connectivity index (χ1v) is 10.7. The van der Waals surface area contributed by atoms with E-state index in [4.69, 9.17) is 12.2 Å². The average molecular weight is 396 g/mol. The summed E-state index contributed by atoms with van der Waals surface area (Å²) in [4.78, 5) is 0. The van der Waals surface area contributed by atoms with Gasteiger partial charge in [0.15, 0.2) is 5.11 Å². The molecule has 0 heterocycles. The molecule has 2 rings (SSSR count). The lowest BCUT2D eigenvalue weighted by Crippen LogP contribution is -2.25. The highest BCUT2D eigenvalue weighted by Gasteiger charge is 2.08. The number of hydrogen-bond acceptors (Lipinski definition) is 2. The van der Waals surface area contributed by atoms with Crippen molar-refractivity contribution >= 4 is 29.2 Å². The van der Waals surface area contributed by atoms with Crippen molar-refractivity contribution < 1.29 is 0 Å². The zero-order chi connectivity index (χ0) is 20.2. The lowest BCUT2D eigenvalue weighted by molar-refractivity contribution is 0.554. The van der Waals surface area contributed by atoms with Crippen molar-refractivity contribution in [3.8, 4) is 0 Å². The predicted molar refractivity (Wildman–Crippen MR) is 126 cm³/mol. The van der Waals surface area contributed by atoms with Crippen LogP contribution in [0, 0.1) is 19.8 Å². The lowest BCUT2D eigenvalue weighted by atomic mass is 9.94. The summed E-state index contributed by atoms with van der Waals surface area (Å²) in [6.07, 6.45) is 9.27. The van der Waals surface area contributed by atoms with Crippen molar-refractivity contribution in [2.45, 2.75) is 59.3 Å². The zero-order valence-electron chi connectivity index (χ0n) is 17.4. The molecule has 2 aromatic carbocycles. The van der Waals surface area contributed by atoms with Gasteiger partial charge < -0.3 is 5.32 Å². The molecule has 0 aliphatic rings. The Morgan fingerprint density at radius 1 is 1.07 bits per heavy atom. The van der Waals surface area contributed by atoms with Crippen LogP contribution in [-0.4, -0.2) is 11.3 Å². The molecular weight excluding hydrogens is 362 g/mol. The Bertz CT molecular complexity index is 756. The summed E-state index contributed by atoms with van der Waals surface area (Å²) < 4.78 is 0. The number of unbranched alkanes of at least 4 members (excludes halogenated alkanes) is 3. The van der Waals surface area contributed by atoms with E-state index < -0.39 is 0 Å². The van der Waals surface area contributed by atoms with Gasteiger partial charge in [-0.15, -0.1) is 0 Å². The van der Waals surface area contributed by atoms with Crippen molar-refractivity contribution in [2.24, 2.45) is 11.0 Å². The van der Waals surface area contributed by atoms with E-state index in [0.717, 1.165) is 18.5 Å². The number of rotatable bonds is 10. The minimum Gasteiger partial charge on any atom is -0.331 e. The van der Waals surface area contributed by atoms with Gasteiger partial charge in [-0.2, -0.15) is 5.10 Å². The molecule has 4 heteroatoms. The summed E-state index contributed by atoms with van der Waals surface area (Å²) in [5, 5.41) is 8.18. The number of hydrazone groups is 1. The van der Waals surface area contributed by atoms with Gasteiger partial charge in [0.2, 0.25) is 0 Å². The van der Waals surface area contributed by atoms with Crippen LogP contribution in [0.2, 0.25) is 0 Å². The van der Waals surface area contributed by atoms with E-state index in [1.165, 1.54) is 42.4 Å². The SMILES string of the molecule is CCCCCC[C@H](/C=N\NC(=S)Nc1ccc(C)cc1C)Cc1ccccc1. The second kappa shape index (κ2) is 12.3. The smallest absolute Gasteiger partial charge is 0.191 e.